The second-order valence-corrected chi connectivity index (χ2v) is 5.90. The number of nitrogens with two attached hydrogens (primary N) is 1. The Balaban J connectivity index is 2.03. The predicted molar refractivity (Wildman–Crippen MR) is 72.7 cm³/mol. The molecule has 1 aromatic carbocycles. The molecule has 0 fully saturated rings. The van der Waals surface area contributed by atoms with Crippen LogP contribution < -0.4 is 5.73 Å². The highest BCUT2D eigenvalue weighted by Gasteiger charge is 1.98. The molecule has 0 bridgehead atoms. The Morgan fingerprint density at radius 2 is 1.93 bits per heavy atom. The van der Waals surface area contributed by atoms with Crippen molar-refractivity contribution in [3.8, 4) is 0 Å². The fraction of sp³-hybridized carbons (Fsp3) is 0.500. The molecular weight excluding hydrogens is 222 g/mol. The van der Waals surface area contributed by atoms with Gasteiger partial charge >= 0.3 is 0 Å². The minimum atomic E-state index is 0.650. The Kier molecular flexibility index (Phi) is 6.98. The lowest BCUT2D eigenvalue weighted by Gasteiger charge is -2.07. The predicted octanol–water partition coefficient (Wildman–Crippen LogP) is 3.11. The standard InChI is InChI=1S/C12H19NS2/c1-11(9-13)10-14-7-8-15-12-5-3-2-4-6-12/h2-6,11H,7-10,13H2,1H3. The molecule has 0 aliphatic heterocycles. The Morgan fingerprint density at radius 3 is 2.60 bits per heavy atom. The summed E-state index contributed by atoms with van der Waals surface area (Å²) < 4.78 is 0. The minimum Gasteiger partial charge on any atom is -0.330 e. The normalized spacial score (nSPS) is 12.7. The summed E-state index contributed by atoms with van der Waals surface area (Å²) in [5.41, 5.74) is 5.56. The van der Waals surface area contributed by atoms with Gasteiger partial charge in [0.2, 0.25) is 0 Å². The van der Waals surface area contributed by atoms with Crippen LogP contribution in [0.2, 0.25) is 0 Å². The van der Waals surface area contributed by atoms with Crippen LogP contribution in [0.15, 0.2) is 35.2 Å². The Bertz CT molecular complexity index is 251. The average Bonchev–Trinajstić information content (AvgIpc) is 2.29. The van der Waals surface area contributed by atoms with Gasteiger partial charge in [-0.05, 0) is 30.3 Å². The van der Waals surface area contributed by atoms with Crippen LogP contribution >= 0.6 is 23.5 Å². The van der Waals surface area contributed by atoms with Gasteiger partial charge in [0, 0.05) is 16.4 Å². The summed E-state index contributed by atoms with van der Waals surface area (Å²) in [6.45, 7) is 3.01. The fourth-order valence-electron chi connectivity index (χ4n) is 1.09. The van der Waals surface area contributed by atoms with Gasteiger partial charge in [-0.1, -0.05) is 25.1 Å². The second kappa shape index (κ2) is 8.08. The summed E-state index contributed by atoms with van der Waals surface area (Å²) in [5.74, 6) is 4.23. The van der Waals surface area contributed by atoms with Crippen molar-refractivity contribution in [3.05, 3.63) is 30.3 Å². The summed E-state index contributed by atoms with van der Waals surface area (Å²) in [6, 6.07) is 10.6. The van der Waals surface area contributed by atoms with Gasteiger partial charge < -0.3 is 5.73 Å². The summed E-state index contributed by atoms with van der Waals surface area (Å²) in [6.07, 6.45) is 0. The molecule has 0 heterocycles. The van der Waals surface area contributed by atoms with E-state index in [4.69, 9.17) is 5.73 Å². The van der Waals surface area contributed by atoms with Crippen LogP contribution in [-0.2, 0) is 0 Å². The molecule has 1 aromatic rings. The summed E-state index contributed by atoms with van der Waals surface area (Å²) >= 11 is 3.93. The van der Waals surface area contributed by atoms with Gasteiger partial charge in [0.1, 0.15) is 0 Å². The molecular formula is C12H19NS2. The van der Waals surface area contributed by atoms with Crippen LogP contribution in [0.4, 0.5) is 0 Å². The van der Waals surface area contributed by atoms with E-state index in [0.29, 0.717) is 5.92 Å². The molecule has 1 atom stereocenters. The van der Waals surface area contributed by atoms with Crippen molar-refractivity contribution in [2.24, 2.45) is 11.7 Å². The van der Waals surface area contributed by atoms with E-state index < -0.39 is 0 Å². The molecule has 0 aliphatic rings. The Morgan fingerprint density at radius 1 is 1.20 bits per heavy atom. The average molecular weight is 241 g/mol. The third kappa shape index (κ3) is 6.13. The summed E-state index contributed by atoms with van der Waals surface area (Å²) in [5, 5.41) is 0. The van der Waals surface area contributed by atoms with Crippen LogP contribution in [0, 0.1) is 5.92 Å². The Hall–Kier alpha value is -0.120. The van der Waals surface area contributed by atoms with E-state index in [-0.39, 0.29) is 0 Å². The van der Waals surface area contributed by atoms with Crippen molar-refractivity contribution in [1.29, 1.82) is 0 Å². The molecule has 0 radical (unpaired) electrons. The van der Waals surface area contributed by atoms with Gasteiger partial charge in [0.05, 0.1) is 0 Å². The molecule has 0 saturated carbocycles. The van der Waals surface area contributed by atoms with E-state index in [9.17, 15) is 0 Å². The maximum Gasteiger partial charge on any atom is 0.00722 e. The third-order valence-corrected chi connectivity index (χ3v) is 4.61. The highest BCUT2D eigenvalue weighted by atomic mass is 32.2. The molecule has 15 heavy (non-hydrogen) atoms. The lowest BCUT2D eigenvalue weighted by Crippen LogP contribution is -2.13. The third-order valence-electron chi connectivity index (χ3n) is 2.04. The second-order valence-electron chi connectivity index (χ2n) is 3.58. The van der Waals surface area contributed by atoms with Gasteiger partial charge in [0.25, 0.3) is 0 Å². The first kappa shape index (κ1) is 12.9. The fourth-order valence-corrected chi connectivity index (χ4v) is 3.18. The molecule has 0 aromatic heterocycles. The largest absolute Gasteiger partial charge is 0.330 e. The van der Waals surface area contributed by atoms with Crippen molar-refractivity contribution < 1.29 is 0 Å². The van der Waals surface area contributed by atoms with Crippen LogP contribution in [0.25, 0.3) is 0 Å². The number of rotatable bonds is 7. The van der Waals surface area contributed by atoms with Gasteiger partial charge in [-0.2, -0.15) is 11.8 Å². The molecule has 3 heteroatoms. The van der Waals surface area contributed by atoms with Crippen molar-refractivity contribution in [1.82, 2.24) is 0 Å². The maximum absolute atomic E-state index is 5.56. The molecule has 1 nitrogen and oxygen atoms in total. The van der Waals surface area contributed by atoms with E-state index >= 15 is 0 Å². The zero-order valence-electron chi connectivity index (χ0n) is 9.19. The number of hydrogen-bond donors (Lipinski definition) is 1. The van der Waals surface area contributed by atoms with E-state index in [1.54, 1.807) is 0 Å². The number of hydrogen-bond acceptors (Lipinski definition) is 3. The summed E-state index contributed by atoms with van der Waals surface area (Å²) in [7, 11) is 0. The topological polar surface area (TPSA) is 26.0 Å². The molecule has 1 unspecified atom stereocenters. The first-order chi connectivity index (χ1) is 7.33. The molecule has 0 aliphatic carbocycles. The highest BCUT2D eigenvalue weighted by molar-refractivity contribution is 8.02. The quantitative estimate of drug-likeness (QED) is 0.587. The van der Waals surface area contributed by atoms with Gasteiger partial charge in [-0.25, -0.2) is 0 Å². The smallest absolute Gasteiger partial charge is 0.00722 e. The van der Waals surface area contributed by atoms with Gasteiger partial charge in [-0.15, -0.1) is 11.8 Å². The van der Waals surface area contributed by atoms with Crippen molar-refractivity contribution in [3.63, 3.8) is 0 Å². The van der Waals surface area contributed by atoms with Gasteiger partial charge in [0.15, 0.2) is 0 Å². The molecule has 84 valence electrons. The van der Waals surface area contributed by atoms with Gasteiger partial charge in [-0.3, -0.25) is 0 Å². The van der Waals surface area contributed by atoms with E-state index in [2.05, 4.69) is 37.3 Å². The monoisotopic (exact) mass is 241 g/mol. The van der Waals surface area contributed by atoms with Crippen molar-refractivity contribution in [2.75, 3.05) is 23.8 Å². The van der Waals surface area contributed by atoms with Crippen LogP contribution in [-0.4, -0.2) is 23.8 Å². The lowest BCUT2D eigenvalue weighted by atomic mass is 10.2. The molecule has 0 amide bonds. The molecule has 0 saturated heterocycles. The molecule has 0 spiro atoms. The van der Waals surface area contributed by atoms with E-state index in [1.165, 1.54) is 22.2 Å². The number of thioether (sulfide) groups is 2. The maximum atomic E-state index is 5.56. The van der Waals surface area contributed by atoms with Crippen molar-refractivity contribution >= 4 is 23.5 Å². The van der Waals surface area contributed by atoms with Crippen LogP contribution in [0.5, 0.6) is 0 Å². The van der Waals surface area contributed by atoms with E-state index in [0.717, 1.165) is 6.54 Å². The lowest BCUT2D eigenvalue weighted by molar-refractivity contribution is 0.675. The zero-order valence-corrected chi connectivity index (χ0v) is 10.8. The SMILES string of the molecule is CC(CN)CSCCSc1ccccc1. The molecule has 2 N–H and O–H groups in total. The first-order valence-corrected chi connectivity index (χ1v) is 7.42. The van der Waals surface area contributed by atoms with Crippen LogP contribution in [0.3, 0.4) is 0 Å². The highest BCUT2D eigenvalue weighted by Crippen LogP contribution is 2.19. The summed E-state index contributed by atoms with van der Waals surface area (Å²) in [4.78, 5) is 1.37. The number of benzene rings is 1. The van der Waals surface area contributed by atoms with Crippen LogP contribution in [0.1, 0.15) is 6.92 Å². The molecule has 1 rings (SSSR count). The van der Waals surface area contributed by atoms with Crippen molar-refractivity contribution in [2.45, 2.75) is 11.8 Å². The zero-order chi connectivity index (χ0) is 10.9. The van der Waals surface area contributed by atoms with E-state index in [1.807, 2.05) is 23.5 Å². The Labute approximate surface area is 101 Å². The minimum absolute atomic E-state index is 0.650. The first-order valence-electron chi connectivity index (χ1n) is 5.28.